The monoisotopic (exact) mass is 273 g/mol. The summed E-state index contributed by atoms with van der Waals surface area (Å²) in [7, 11) is 1.94. The third-order valence-corrected chi connectivity index (χ3v) is 3.45. The first-order valence-corrected chi connectivity index (χ1v) is 7.00. The Labute approximate surface area is 116 Å². The van der Waals surface area contributed by atoms with Crippen molar-refractivity contribution in [1.82, 2.24) is 9.55 Å². The minimum absolute atomic E-state index is 0.654. The molecule has 0 atom stereocenters. The average Bonchev–Trinajstić information content (AvgIpc) is 2.74. The van der Waals surface area contributed by atoms with Gasteiger partial charge in [0.15, 0.2) is 5.16 Å². The van der Waals surface area contributed by atoms with E-state index in [1.54, 1.807) is 11.8 Å². The van der Waals surface area contributed by atoms with E-state index in [1.807, 2.05) is 60.4 Å². The van der Waals surface area contributed by atoms with E-state index < -0.39 is 0 Å². The Balaban J connectivity index is 2.38. The summed E-state index contributed by atoms with van der Waals surface area (Å²) < 4.78 is 1.97. The topological polar surface area (TPSA) is 50.4 Å². The van der Waals surface area contributed by atoms with Gasteiger partial charge in [-0.3, -0.25) is 0 Å². The van der Waals surface area contributed by atoms with Crippen LogP contribution in [0, 0.1) is 0 Å². The first-order chi connectivity index (χ1) is 9.26. The maximum atomic E-state index is 8.69. The molecule has 0 aliphatic rings. The van der Waals surface area contributed by atoms with Crippen LogP contribution in [0.25, 0.3) is 12.2 Å². The van der Waals surface area contributed by atoms with E-state index >= 15 is 0 Å². The summed E-state index contributed by atoms with van der Waals surface area (Å²) in [4.78, 5) is 4.40. The molecule has 1 N–H and O–H groups in total. The molecule has 0 unspecified atom stereocenters. The Hall–Kier alpha value is -2.01. The number of aromatic nitrogens is 2. The molecule has 0 fully saturated rings. The summed E-state index contributed by atoms with van der Waals surface area (Å²) in [5.41, 5.74) is 2.67. The number of hydrogen-bond donors (Lipinski definition) is 1. The highest BCUT2D eigenvalue weighted by molar-refractivity contribution is 7.98. The number of nitrogens with zero attached hydrogens (tertiary/aromatic N) is 3. The summed E-state index contributed by atoms with van der Waals surface area (Å²) in [5.74, 6) is 0. The van der Waals surface area contributed by atoms with Crippen LogP contribution in [0.4, 0.5) is 0 Å². The van der Waals surface area contributed by atoms with Crippen molar-refractivity contribution >= 4 is 30.1 Å². The Kier molecular flexibility index (Phi) is 4.41. The van der Waals surface area contributed by atoms with Gasteiger partial charge in [-0.15, -0.1) is 0 Å². The molecule has 2 rings (SSSR count). The largest absolute Gasteiger partial charge is 0.411 e. The molecule has 5 heteroatoms. The standard InChI is InChI=1S/C14H15N3OS/c1-17-13(9-8-11-6-4-3-5-7-11)12(10-15-18)16-14(17)19-2/h3-10,18H,1-2H3/b9-8+,15-10+. The van der Waals surface area contributed by atoms with E-state index in [0.717, 1.165) is 16.4 Å². The number of thioether (sulfide) groups is 1. The number of imidazole rings is 1. The SMILES string of the molecule is CSc1nc(/C=N/O)c(/C=C/c2ccccc2)n1C. The maximum absolute atomic E-state index is 8.69. The molecule has 0 saturated heterocycles. The highest BCUT2D eigenvalue weighted by Crippen LogP contribution is 2.19. The molecule has 1 aromatic carbocycles. The van der Waals surface area contributed by atoms with Crippen LogP contribution < -0.4 is 0 Å². The molecule has 1 heterocycles. The fourth-order valence-corrected chi connectivity index (χ4v) is 2.34. The van der Waals surface area contributed by atoms with Gasteiger partial charge in [-0.25, -0.2) is 4.98 Å². The molecule has 0 bridgehead atoms. The molecule has 0 aliphatic carbocycles. The summed E-state index contributed by atoms with van der Waals surface area (Å²) in [6.45, 7) is 0. The lowest BCUT2D eigenvalue weighted by molar-refractivity contribution is 0.321. The van der Waals surface area contributed by atoms with Crippen molar-refractivity contribution in [3.8, 4) is 0 Å². The predicted molar refractivity (Wildman–Crippen MR) is 79.7 cm³/mol. The number of oxime groups is 1. The minimum atomic E-state index is 0.654. The smallest absolute Gasteiger partial charge is 0.168 e. The second-order valence-corrected chi connectivity index (χ2v) is 4.69. The van der Waals surface area contributed by atoms with E-state index in [0.29, 0.717) is 5.69 Å². The average molecular weight is 273 g/mol. The van der Waals surface area contributed by atoms with Crippen LogP contribution in [0.15, 0.2) is 40.6 Å². The van der Waals surface area contributed by atoms with Crippen molar-refractivity contribution in [2.75, 3.05) is 6.26 Å². The van der Waals surface area contributed by atoms with E-state index in [2.05, 4.69) is 10.1 Å². The van der Waals surface area contributed by atoms with Gasteiger partial charge in [0.2, 0.25) is 0 Å². The summed E-state index contributed by atoms with van der Waals surface area (Å²) >= 11 is 1.55. The number of hydrogen-bond acceptors (Lipinski definition) is 4. The van der Waals surface area contributed by atoms with Crippen LogP contribution >= 0.6 is 11.8 Å². The highest BCUT2D eigenvalue weighted by Gasteiger charge is 2.10. The summed E-state index contributed by atoms with van der Waals surface area (Å²) in [6, 6.07) is 10.0. The Morgan fingerprint density at radius 3 is 2.63 bits per heavy atom. The zero-order chi connectivity index (χ0) is 13.7. The van der Waals surface area contributed by atoms with Crippen LogP contribution in [0.5, 0.6) is 0 Å². The zero-order valence-corrected chi connectivity index (χ0v) is 11.6. The van der Waals surface area contributed by atoms with Crippen molar-refractivity contribution in [1.29, 1.82) is 0 Å². The second kappa shape index (κ2) is 6.24. The summed E-state index contributed by atoms with van der Waals surface area (Å²) in [6.07, 6.45) is 7.30. The van der Waals surface area contributed by atoms with Crippen LogP contribution in [0.2, 0.25) is 0 Å². The first kappa shape index (κ1) is 13.4. The fourth-order valence-electron chi connectivity index (χ4n) is 1.78. The van der Waals surface area contributed by atoms with Crippen molar-refractivity contribution in [2.24, 2.45) is 12.2 Å². The molecule has 19 heavy (non-hydrogen) atoms. The van der Waals surface area contributed by atoms with E-state index in [-0.39, 0.29) is 0 Å². The second-order valence-electron chi connectivity index (χ2n) is 3.92. The van der Waals surface area contributed by atoms with Crippen LogP contribution in [0.3, 0.4) is 0 Å². The number of benzene rings is 1. The van der Waals surface area contributed by atoms with Gasteiger partial charge in [-0.05, 0) is 17.9 Å². The van der Waals surface area contributed by atoms with Crippen LogP contribution in [-0.4, -0.2) is 27.2 Å². The molecule has 0 saturated carbocycles. The van der Waals surface area contributed by atoms with Gasteiger partial charge in [0, 0.05) is 7.05 Å². The highest BCUT2D eigenvalue weighted by atomic mass is 32.2. The zero-order valence-electron chi connectivity index (χ0n) is 10.8. The first-order valence-electron chi connectivity index (χ1n) is 5.77. The Morgan fingerprint density at radius 2 is 2.00 bits per heavy atom. The third kappa shape index (κ3) is 3.06. The lowest BCUT2D eigenvalue weighted by Gasteiger charge is -2.00. The van der Waals surface area contributed by atoms with Gasteiger partial charge in [0.25, 0.3) is 0 Å². The van der Waals surface area contributed by atoms with Gasteiger partial charge in [-0.2, -0.15) is 0 Å². The quantitative estimate of drug-likeness (QED) is 0.403. The Morgan fingerprint density at radius 1 is 1.26 bits per heavy atom. The van der Waals surface area contributed by atoms with E-state index in [9.17, 15) is 0 Å². The van der Waals surface area contributed by atoms with E-state index in [4.69, 9.17) is 5.21 Å². The van der Waals surface area contributed by atoms with Crippen molar-refractivity contribution in [3.63, 3.8) is 0 Å². The van der Waals surface area contributed by atoms with Crippen molar-refractivity contribution < 1.29 is 5.21 Å². The van der Waals surface area contributed by atoms with Gasteiger partial charge in [0.05, 0.1) is 11.9 Å². The predicted octanol–water partition coefficient (Wildman–Crippen LogP) is 3.12. The maximum Gasteiger partial charge on any atom is 0.168 e. The molecule has 0 aliphatic heterocycles. The molecule has 0 amide bonds. The van der Waals surface area contributed by atoms with Crippen LogP contribution in [0.1, 0.15) is 17.0 Å². The molecule has 0 radical (unpaired) electrons. The molecule has 2 aromatic rings. The van der Waals surface area contributed by atoms with Crippen LogP contribution in [-0.2, 0) is 7.05 Å². The van der Waals surface area contributed by atoms with Gasteiger partial charge < -0.3 is 9.77 Å². The molecule has 4 nitrogen and oxygen atoms in total. The molecular weight excluding hydrogens is 258 g/mol. The molecule has 0 spiro atoms. The van der Waals surface area contributed by atoms with Crippen molar-refractivity contribution in [2.45, 2.75) is 5.16 Å². The summed E-state index contributed by atoms with van der Waals surface area (Å²) in [5, 5.41) is 12.6. The molecule has 1 aromatic heterocycles. The van der Waals surface area contributed by atoms with Gasteiger partial charge >= 0.3 is 0 Å². The van der Waals surface area contributed by atoms with E-state index in [1.165, 1.54) is 6.21 Å². The minimum Gasteiger partial charge on any atom is -0.411 e. The third-order valence-electron chi connectivity index (χ3n) is 2.72. The van der Waals surface area contributed by atoms with Crippen molar-refractivity contribution in [3.05, 3.63) is 47.3 Å². The van der Waals surface area contributed by atoms with Gasteiger partial charge in [-0.1, -0.05) is 53.3 Å². The van der Waals surface area contributed by atoms with Gasteiger partial charge in [0.1, 0.15) is 5.69 Å². The number of rotatable bonds is 4. The Bertz CT molecular complexity index is 603. The molecular formula is C14H15N3OS. The lowest BCUT2D eigenvalue weighted by atomic mass is 10.2. The fraction of sp³-hybridized carbons (Fsp3) is 0.143. The molecule has 98 valence electrons. The lowest BCUT2D eigenvalue weighted by Crippen LogP contribution is -1.94. The normalized spacial score (nSPS) is 11.7.